The molecule has 0 aliphatic carbocycles. The summed E-state index contributed by atoms with van der Waals surface area (Å²) in [7, 11) is 1.78. The highest BCUT2D eigenvalue weighted by molar-refractivity contribution is 5.80. The zero-order chi connectivity index (χ0) is 12.1. The Labute approximate surface area is 97.2 Å². The number of hydrogen-bond donors (Lipinski definition) is 1. The minimum atomic E-state index is -0.431. The third-order valence-corrected chi connectivity index (χ3v) is 2.62. The van der Waals surface area contributed by atoms with E-state index in [1.165, 1.54) is 5.56 Å². The molecule has 16 heavy (non-hydrogen) atoms. The largest absolute Gasteiger partial charge is 0.340 e. The van der Waals surface area contributed by atoms with Crippen molar-refractivity contribution in [2.75, 3.05) is 7.05 Å². The number of likely N-dealkylation sites (N-methyl/N-ethyl adjacent to an activating group) is 1. The van der Waals surface area contributed by atoms with Gasteiger partial charge in [-0.1, -0.05) is 31.2 Å². The van der Waals surface area contributed by atoms with Gasteiger partial charge >= 0.3 is 0 Å². The van der Waals surface area contributed by atoms with Crippen molar-refractivity contribution in [1.82, 2.24) is 4.90 Å². The van der Waals surface area contributed by atoms with Crippen molar-refractivity contribution in [2.45, 2.75) is 32.9 Å². The maximum Gasteiger partial charge on any atom is 0.239 e. The van der Waals surface area contributed by atoms with Gasteiger partial charge in [0.25, 0.3) is 0 Å². The van der Waals surface area contributed by atoms with Gasteiger partial charge in [-0.25, -0.2) is 0 Å². The molecule has 88 valence electrons. The van der Waals surface area contributed by atoms with Gasteiger partial charge in [0.1, 0.15) is 0 Å². The zero-order valence-corrected chi connectivity index (χ0v) is 10.2. The smallest absolute Gasteiger partial charge is 0.239 e. The van der Waals surface area contributed by atoms with E-state index in [1.807, 2.05) is 0 Å². The molecule has 2 N–H and O–H groups in total. The maximum atomic E-state index is 11.6. The lowest BCUT2D eigenvalue weighted by atomic mass is 10.1. The summed E-state index contributed by atoms with van der Waals surface area (Å²) in [4.78, 5) is 13.2. The molecule has 0 saturated carbocycles. The SMILES string of the molecule is CCc1ccc(CN(C)C(=O)[C@H](C)N)cc1. The second-order valence-corrected chi connectivity index (χ2v) is 4.15. The lowest BCUT2D eigenvalue weighted by molar-refractivity contribution is -0.131. The van der Waals surface area contributed by atoms with Crippen molar-refractivity contribution >= 4 is 5.91 Å². The fourth-order valence-corrected chi connectivity index (χ4v) is 1.58. The Balaban J connectivity index is 2.62. The molecule has 3 nitrogen and oxygen atoms in total. The number of nitrogens with two attached hydrogens (primary N) is 1. The van der Waals surface area contributed by atoms with E-state index in [0.29, 0.717) is 6.54 Å². The van der Waals surface area contributed by atoms with Gasteiger partial charge in [0.05, 0.1) is 6.04 Å². The van der Waals surface area contributed by atoms with Crippen LogP contribution in [0.15, 0.2) is 24.3 Å². The lowest BCUT2D eigenvalue weighted by Gasteiger charge is -2.19. The van der Waals surface area contributed by atoms with Gasteiger partial charge in [0, 0.05) is 13.6 Å². The number of rotatable bonds is 4. The molecule has 3 heteroatoms. The van der Waals surface area contributed by atoms with E-state index in [1.54, 1.807) is 18.9 Å². The molecule has 0 aromatic heterocycles. The standard InChI is InChI=1S/C13H20N2O/c1-4-11-5-7-12(8-6-11)9-15(3)13(16)10(2)14/h5-8,10H,4,9,14H2,1-3H3/t10-/m0/s1. The highest BCUT2D eigenvalue weighted by atomic mass is 16.2. The summed E-state index contributed by atoms with van der Waals surface area (Å²) >= 11 is 0. The van der Waals surface area contributed by atoms with E-state index < -0.39 is 6.04 Å². The molecule has 1 amide bonds. The Morgan fingerprint density at radius 3 is 2.25 bits per heavy atom. The second kappa shape index (κ2) is 5.66. The summed E-state index contributed by atoms with van der Waals surface area (Å²) < 4.78 is 0. The van der Waals surface area contributed by atoms with Crippen molar-refractivity contribution in [1.29, 1.82) is 0 Å². The van der Waals surface area contributed by atoms with E-state index in [4.69, 9.17) is 5.73 Å². The topological polar surface area (TPSA) is 46.3 Å². The van der Waals surface area contributed by atoms with Crippen LogP contribution in [-0.2, 0) is 17.8 Å². The molecular weight excluding hydrogens is 200 g/mol. The lowest BCUT2D eigenvalue weighted by Crippen LogP contribution is -2.39. The van der Waals surface area contributed by atoms with Gasteiger partial charge in [0.15, 0.2) is 0 Å². The molecule has 1 rings (SSSR count). The van der Waals surface area contributed by atoms with E-state index in [9.17, 15) is 4.79 Å². The molecule has 0 saturated heterocycles. The fraction of sp³-hybridized carbons (Fsp3) is 0.462. The molecule has 0 bridgehead atoms. The van der Waals surface area contributed by atoms with Crippen LogP contribution in [0.1, 0.15) is 25.0 Å². The zero-order valence-electron chi connectivity index (χ0n) is 10.2. The van der Waals surface area contributed by atoms with Crippen LogP contribution in [0, 0.1) is 0 Å². The summed E-state index contributed by atoms with van der Waals surface area (Å²) in [6.45, 7) is 4.45. The van der Waals surface area contributed by atoms with Crippen LogP contribution >= 0.6 is 0 Å². The van der Waals surface area contributed by atoms with Crippen molar-refractivity contribution in [3.8, 4) is 0 Å². The molecule has 0 aliphatic heterocycles. The number of amides is 1. The van der Waals surface area contributed by atoms with E-state index in [-0.39, 0.29) is 5.91 Å². The highest BCUT2D eigenvalue weighted by Gasteiger charge is 2.13. The predicted octanol–water partition coefficient (Wildman–Crippen LogP) is 1.55. The average Bonchev–Trinajstić information content (AvgIpc) is 2.28. The first-order valence-electron chi connectivity index (χ1n) is 5.63. The first kappa shape index (κ1) is 12.7. The van der Waals surface area contributed by atoms with Crippen LogP contribution in [0.3, 0.4) is 0 Å². The Kier molecular flexibility index (Phi) is 4.50. The summed E-state index contributed by atoms with van der Waals surface area (Å²) in [6.07, 6.45) is 1.04. The molecule has 0 heterocycles. The Morgan fingerprint density at radius 1 is 1.31 bits per heavy atom. The second-order valence-electron chi connectivity index (χ2n) is 4.15. The molecule has 0 radical (unpaired) electrons. The summed E-state index contributed by atoms with van der Waals surface area (Å²) in [6, 6.07) is 7.88. The Hall–Kier alpha value is -1.35. The third kappa shape index (κ3) is 3.35. The normalized spacial score (nSPS) is 12.2. The number of nitrogens with zero attached hydrogens (tertiary/aromatic N) is 1. The van der Waals surface area contributed by atoms with Crippen LogP contribution in [0.2, 0.25) is 0 Å². The average molecular weight is 220 g/mol. The monoisotopic (exact) mass is 220 g/mol. The summed E-state index contributed by atoms with van der Waals surface area (Å²) in [5.41, 5.74) is 7.99. The van der Waals surface area contributed by atoms with Gasteiger partial charge in [0.2, 0.25) is 5.91 Å². The van der Waals surface area contributed by atoms with Gasteiger partial charge in [-0.3, -0.25) is 4.79 Å². The highest BCUT2D eigenvalue weighted by Crippen LogP contribution is 2.07. The number of carbonyl (C=O) groups excluding carboxylic acids is 1. The van der Waals surface area contributed by atoms with Crippen molar-refractivity contribution in [3.63, 3.8) is 0 Å². The van der Waals surface area contributed by atoms with Crippen molar-refractivity contribution in [2.24, 2.45) is 5.73 Å². The first-order chi connectivity index (χ1) is 7.54. The van der Waals surface area contributed by atoms with Gasteiger partial charge < -0.3 is 10.6 Å². The van der Waals surface area contributed by atoms with Gasteiger partial charge in [-0.2, -0.15) is 0 Å². The summed E-state index contributed by atoms with van der Waals surface area (Å²) in [5, 5.41) is 0. The molecule has 1 atom stereocenters. The van der Waals surface area contributed by atoms with E-state index in [0.717, 1.165) is 12.0 Å². The number of carbonyl (C=O) groups is 1. The molecule has 0 aliphatic rings. The molecular formula is C13H20N2O. The third-order valence-electron chi connectivity index (χ3n) is 2.62. The molecule has 0 spiro atoms. The molecule has 0 fully saturated rings. The van der Waals surface area contributed by atoms with Crippen LogP contribution in [0.4, 0.5) is 0 Å². The van der Waals surface area contributed by atoms with Gasteiger partial charge in [-0.15, -0.1) is 0 Å². The molecule has 0 unspecified atom stereocenters. The van der Waals surface area contributed by atoms with E-state index in [2.05, 4.69) is 31.2 Å². The van der Waals surface area contributed by atoms with E-state index >= 15 is 0 Å². The van der Waals surface area contributed by atoms with Crippen LogP contribution in [0.25, 0.3) is 0 Å². The fourth-order valence-electron chi connectivity index (χ4n) is 1.58. The Morgan fingerprint density at radius 2 is 1.81 bits per heavy atom. The first-order valence-corrected chi connectivity index (χ1v) is 5.63. The summed E-state index contributed by atoms with van der Waals surface area (Å²) in [5.74, 6) is -0.0282. The van der Waals surface area contributed by atoms with Crippen LogP contribution in [0.5, 0.6) is 0 Å². The van der Waals surface area contributed by atoms with Crippen LogP contribution in [-0.4, -0.2) is 23.9 Å². The Bertz CT molecular complexity index is 343. The molecule has 1 aromatic rings. The molecule has 1 aromatic carbocycles. The van der Waals surface area contributed by atoms with Crippen molar-refractivity contribution in [3.05, 3.63) is 35.4 Å². The van der Waals surface area contributed by atoms with Crippen molar-refractivity contribution < 1.29 is 4.79 Å². The van der Waals surface area contributed by atoms with Crippen LogP contribution < -0.4 is 5.73 Å². The number of aryl methyl sites for hydroxylation is 1. The maximum absolute atomic E-state index is 11.6. The minimum absolute atomic E-state index is 0.0282. The quantitative estimate of drug-likeness (QED) is 0.837. The number of hydrogen-bond acceptors (Lipinski definition) is 2. The number of benzene rings is 1. The minimum Gasteiger partial charge on any atom is -0.340 e. The van der Waals surface area contributed by atoms with Gasteiger partial charge in [-0.05, 0) is 24.5 Å². The predicted molar refractivity (Wildman–Crippen MR) is 65.9 cm³/mol.